The number of aryl methyl sites for hydroxylation is 1. The second kappa shape index (κ2) is 6.24. The van der Waals surface area contributed by atoms with Gasteiger partial charge in [0.2, 0.25) is 0 Å². The number of fused-ring (bicyclic) bond motifs is 1. The summed E-state index contributed by atoms with van der Waals surface area (Å²) in [6.07, 6.45) is 0.919. The summed E-state index contributed by atoms with van der Waals surface area (Å²) in [5.74, 6) is 0.783. The highest BCUT2D eigenvalue weighted by Gasteiger charge is 2.10. The van der Waals surface area contributed by atoms with Crippen molar-refractivity contribution in [2.45, 2.75) is 33.2 Å². The zero-order valence-electron chi connectivity index (χ0n) is 13.7. The molecule has 0 aliphatic carbocycles. The largest absolute Gasteiger partial charge is 0.350 e. The summed E-state index contributed by atoms with van der Waals surface area (Å²) in [4.78, 5) is 20.0. The molecule has 118 valence electrons. The van der Waals surface area contributed by atoms with Gasteiger partial charge in [0.1, 0.15) is 5.82 Å². The molecule has 4 heteroatoms. The number of hydrogen-bond donors (Lipinski definition) is 2. The van der Waals surface area contributed by atoms with Crippen LogP contribution in [0.15, 0.2) is 42.5 Å². The SMILES string of the molecule is CCC(C)NC(=O)c1ccc(-c2nc3ccc(C)cc3[nH]2)cc1. The van der Waals surface area contributed by atoms with E-state index < -0.39 is 0 Å². The van der Waals surface area contributed by atoms with E-state index in [-0.39, 0.29) is 11.9 Å². The quantitative estimate of drug-likeness (QED) is 0.763. The van der Waals surface area contributed by atoms with E-state index in [0.717, 1.165) is 28.8 Å². The number of rotatable bonds is 4. The summed E-state index contributed by atoms with van der Waals surface area (Å²) in [5.41, 5.74) is 4.81. The van der Waals surface area contributed by atoms with Gasteiger partial charge in [-0.3, -0.25) is 4.79 Å². The monoisotopic (exact) mass is 307 g/mol. The van der Waals surface area contributed by atoms with Gasteiger partial charge in [-0.1, -0.05) is 25.1 Å². The average molecular weight is 307 g/mol. The second-order valence-corrected chi connectivity index (χ2v) is 5.97. The third kappa shape index (κ3) is 3.26. The van der Waals surface area contributed by atoms with Crippen molar-refractivity contribution in [3.63, 3.8) is 0 Å². The lowest BCUT2D eigenvalue weighted by Gasteiger charge is -2.11. The Morgan fingerprint density at radius 2 is 1.96 bits per heavy atom. The van der Waals surface area contributed by atoms with Gasteiger partial charge < -0.3 is 10.3 Å². The molecule has 0 aliphatic rings. The number of imidazole rings is 1. The lowest BCUT2D eigenvalue weighted by molar-refractivity contribution is 0.0939. The van der Waals surface area contributed by atoms with Crippen molar-refractivity contribution < 1.29 is 4.79 Å². The molecule has 3 aromatic rings. The number of hydrogen-bond acceptors (Lipinski definition) is 2. The molecule has 1 unspecified atom stereocenters. The molecule has 1 heterocycles. The fourth-order valence-electron chi connectivity index (χ4n) is 2.45. The molecule has 1 aromatic heterocycles. The molecule has 0 aliphatic heterocycles. The van der Waals surface area contributed by atoms with Crippen molar-refractivity contribution in [2.24, 2.45) is 0 Å². The molecule has 23 heavy (non-hydrogen) atoms. The zero-order chi connectivity index (χ0) is 16.4. The lowest BCUT2D eigenvalue weighted by atomic mass is 10.1. The van der Waals surface area contributed by atoms with Gasteiger partial charge in [0.25, 0.3) is 5.91 Å². The smallest absolute Gasteiger partial charge is 0.251 e. The fraction of sp³-hybridized carbons (Fsp3) is 0.263. The van der Waals surface area contributed by atoms with Crippen LogP contribution in [0.25, 0.3) is 22.4 Å². The summed E-state index contributed by atoms with van der Waals surface area (Å²) < 4.78 is 0. The van der Waals surface area contributed by atoms with Gasteiger partial charge in [-0.2, -0.15) is 0 Å². The zero-order valence-corrected chi connectivity index (χ0v) is 13.7. The van der Waals surface area contributed by atoms with Crippen molar-refractivity contribution in [1.29, 1.82) is 0 Å². The van der Waals surface area contributed by atoms with Gasteiger partial charge in [0.15, 0.2) is 0 Å². The van der Waals surface area contributed by atoms with E-state index >= 15 is 0 Å². The molecule has 0 saturated carbocycles. The van der Waals surface area contributed by atoms with E-state index in [1.165, 1.54) is 5.56 Å². The molecule has 1 amide bonds. The molecular weight excluding hydrogens is 286 g/mol. The predicted molar refractivity (Wildman–Crippen MR) is 93.5 cm³/mol. The van der Waals surface area contributed by atoms with E-state index in [4.69, 9.17) is 0 Å². The van der Waals surface area contributed by atoms with E-state index in [2.05, 4.69) is 41.3 Å². The highest BCUT2D eigenvalue weighted by molar-refractivity contribution is 5.94. The second-order valence-electron chi connectivity index (χ2n) is 5.97. The molecular formula is C19H21N3O. The maximum Gasteiger partial charge on any atom is 0.251 e. The van der Waals surface area contributed by atoms with Crippen LogP contribution in [0.1, 0.15) is 36.2 Å². The van der Waals surface area contributed by atoms with Crippen LogP contribution in [0, 0.1) is 6.92 Å². The lowest BCUT2D eigenvalue weighted by Crippen LogP contribution is -2.31. The maximum absolute atomic E-state index is 12.1. The van der Waals surface area contributed by atoms with Crippen molar-refractivity contribution in [3.05, 3.63) is 53.6 Å². The molecule has 0 radical (unpaired) electrons. The van der Waals surface area contributed by atoms with Gasteiger partial charge >= 0.3 is 0 Å². The summed E-state index contributed by atoms with van der Waals surface area (Å²) in [6, 6.07) is 13.9. The first kappa shape index (κ1) is 15.3. The Bertz CT molecular complexity index is 833. The molecule has 0 fully saturated rings. The number of benzene rings is 2. The van der Waals surface area contributed by atoms with Crippen molar-refractivity contribution in [2.75, 3.05) is 0 Å². The summed E-state index contributed by atoms with van der Waals surface area (Å²) in [6.45, 7) is 6.12. The minimum Gasteiger partial charge on any atom is -0.350 e. The standard InChI is InChI=1S/C19H21N3O/c1-4-13(3)20-19(23)15-8-6-14(7-9-15)18-21-16-10-5-12(2)11-17(16)22-18/h5-11,13H,4H2,1-3H3,(H,20,23)(H,21,22). The van der Waals surface area contributed by atoms with Crippen LogP contribution < -0.4 is 5.32 Å². The van der Waals surface area contributed by atoms with E-state index in [1.54, 1.807) is 0 Å². The highest BCUT2D eigenvalue weighted by Crippen LogP contribution is 2.21. The van der Waals surface area contributed by atoms with E-state index in [9.17, 15) is 4.79 Å². The third-order valence-corrected chi connectivity index (χ3v) is 4.05. The first-order chi connectivity index (χ1) is 11.1. The molecule has 2 N–H and O–H groups in total. The average Bonchev–Trinajstić information content (AvgIpc) is 2.97. The summed E-state index contributed by atoms with van der Waals surface area (Å²) in [7, 11) is 0. The number of aromatic nitrogens is 2. The number of nitrogens with one attached hydrogen (secondary N) is 2. The molecule has 4 nitrogen and oxygen atoms in total. The van der Waals surface area contributed by atoms with Crippen molar-refractivity contribution in [1.82, 2.24) is 15.3 Å². The number of carbonyl (C=O) groups excluding carboxylic acids is 1. The van der Waals surface area contributed by atoms with Crippen LogP contribution in [-0.4, -0.2) is 21.9 Å². The van der Waals surface area contributed by atoms with Gasteiger partial charge in [0.05, 0.1) is 11.0 Å². The predicted octanol–water partition coefficient (Wildman–Crippen LogP) is 4.07. The van der Waals surface area contributed by atoms with Crippen molar-refractivity contribution in [3.8, 4) is 11.4 Å². The van der Waals surface area contributed by atoms with Gasteiger partial charge in [-0.05, 0) is 50.1 Å². The third-order valence-electron chi connectivity index (χ3n) is 4.05. The Labute approximate surface area is 136 Å². The maximum atomic E-state index is 12.1. The Kier molecular flexibility index (Phi) is 4.15. The van der Waals surface area contributed by atoms with Crippen LogP contribution in [0.2, 0.25) is 0 Å². The van der Waals surface area contributed by atoms with E-state index in [0.29, 0.717) is 5.56 Å². The normalized spacial score (nSPS) is 12.3. The minimum atomic E-state index is -0.0360. The summed E-state index contributed by atoms with van der Waals surface area (Å²) >= 11 is 0. The number of nitrogens with zero attached hydrogens (tertiary/aromatic N) is 1. The number of H-pyrrole nitrogens is 1. The molecule has 2 aromatic carbocycles. The van der Waals surface area contributed by atoms with Crippen LogP contribution in [0.3, 0.4) is 0 Å². The van der Waals surface area contributed by atoms with E-state index in [1.807, 2.05) is 37.3 Å². The first-order valence-corrected chi connectivity index (χ1v) is 7.94. The molecule has 0 spiro atoms. The van der Waals surface area contributed by atoms with Crippen LogP contribution in [0.4, 0.5) is 0 Å². The van der Waals surface area contributed by atoms with Gasteiger partial charge in [-0.15, -0.1) is 0 Å². The van der Waals surface area contributed by atoms with Gasteiger partial charge in [0, 0.05) is 17.2 Å². The number of amides is 1. The summed E-state index contributed by atoms with van der Waals surface area (Å²) in [5, 5.41) is 2.97. The number of carbonyl (C=O) groups is 1. The topological polar surface area (TPSA) is 57.8 Å². The highest BCUT2D eigenvalue weighted by atomic mass is 16.1. The van der Waals surface area contributed by atoms with Crippen LogP contribution in [0.5, 0.6) is 0 Å². The Balaban J connectivity index is 1.84. The first-order valence-electron chi connectivity index (χ1n) is 7.94. The van der Waals surface area contributed by atoms with Crippen LogP contribution >= 0.6 is 0 Å². The van der Waals surface area contributed by atoms with Crippen molar-refractivity contribution >= 4 is 16.9 Å². The van der Waals surface area contributed by atoms with Crippen LogP contribution in [-0.2, 0) is 0 Å². The fourth-order valence-corrected chi connectivity index (χ4v) is 2.45. The molecule has 3 rings (SSSR count). The minimum absolute atomic E-state index is 0.0360. The Hall–Kier alpha value is -2.62. The molecule has 1 atom stereocenters. The molecule has 0 bridgehead atoms. The van der Waals surface area contributed by atoms with Gasteiger partial charge in [-0.25, -0.2) is 4.98 Å². The Morgan fingerprint density at radius 3 is 2.65 bits per heavy atom. The molecule has 0 saturated heterocycles. The Morgan fingerprint density at radius 1 is 1.22 bits per heavy atom. The number of aromatic amines is 1.